The van der Waals surface area contributed by atoms with Crippen molar-refractivity contribution in [1.29, 1.82) is 0 Å². The van der Waals surface area contributed by atoms with E-state index in [0.29, 0.717) is 17.5 Å². The van der Waals surface area contributed by atoms with E-state index in [2.05, 4.69) is 53.9 Å². The molecule has 1 aliphatic rings. The van der Waals surface area contributed by atoms with E-state index in [1.807, 2.05) is 91.1 Å². The molecular formula is C39H25N5O. The zero-order valence-electron chi connectivity index (χ0n) is 24.1. The van der Waals surface area contributed by atoms with Gasteiger partial charge in [0.05, 0.1) is 17.2 Å². The van der Waals surface area contributed by atoms with Crippen molar-refractivity contribution >= 4 is 44.6 Å². The summed E-state index contributed by atoms with van der Waals surface area (Å²) in [6.07, 6.45) is 6.23. The third-order valence-corrected chi connectivity index (χ3v) is 8.40. The Balaban J connectivity index is 1.26. The minimum atomic E-state index is -0.0965. The standard InChI is InChI=1S/C39H25N5O/c1-3-10-26(11-4-1)37-42-38(27-12-5-2-6-13-27)44-39(43-37)29-16-8-18-32-34(29)33-28(15-7-17-31(33)45-32)30-22-21-25-20-19-24-14-9-23-40-35(24)36(25)41-30/h1-23,30,41H. The smallest absolute Gasteiger partial charge is 0.164 e. The molecule has 1 N–H and O–H groups in total. The highest BCUT2D eigenvalue weighted by Gasteiger charge is 2.24. The maximum absolute atomic E-state index is 6.48. The number of benzene rings is 5. The van der Waals surface area contributed by atoms with Gasteiger partial charge < -0.3 is 9.73 Å². The van der Waals surface area contributed by atoms with E-state index in [0.717, 1.165) is 66.3 Å². The number of furan rings is 1. The number of anilines is 1. The van der Waals surface area contributed by atoms with Crippen molar-refractivity contribution in [2.24, 2.45) is 0 Å². The maximum Gasteiger partial charge on any atom is 0.164 e. The van der Waals surface area contributed by atoms with E-state index < -0.39 is 0 Å². The van der Waals surface area contributed by atoms with Gasteiger partial charge in [0.15, 0.2) is 17.5 Å². The van der Waals surface area contributed by atoms with Crippen molar-refractivity contribution in [3.63, 3.8) is 0 Å². The van der Waals surface area contributed by atoms with Crippen LogP contribution < -0.4 is 5.32 Å². The van der Waals surface area contributed by atoms with E-state index in [4.69, 9.17) is 24.4 Å². The van der Waals surface area contributed by atoms with Crippen LogP contribution in [0.15, 0.2) is 138 Å². The molecule has 0 saturated heterocycles. The van der Waals surface area contributed by atoms with Gasteiger partial charge in [-0.1, -0.05) is 115 Å². The van der Waals surface area contributed by atoms with Gasteiger partial charge in [-0.05, 0) is 29.3 Å². The molecule has 6 nitrogen and oxygen atoms in total. The SMILES string of the molecule is C1=CC(c2cccc3oc4cccc(-c5nc(-c6ccccc6)nc(-c6ccccc6)n5)c4c23)Nc2c1ccc1cccnc21. The molecule has 6 heteroatoms. The van der Waals surface area contributed by atoms with E-state index in [1.165, 1.54) is 0 Å². The summed E-state index contributed by atoms with van der Waals surface area (Å²) in [7, 11) is 0. The predicted octanol–water partition coefficient (Wildman–Crippen LogP) is 9.50. The quantitative estimate of drug-likeness (QED) is 0.224. The Morgan fingerprint density at radius 2 is 1.27 bits per heavy atom. The molecule has 1 unspecified atom stereocenters. The fourth-order valence-corrected chi connectivity index (χ4v) is 6.30. The summed E-state index contributed by atoms with van der Waals surface area (Å²) < 4.78 is 6.48. The van der Waals surface area contributed by atoms with Gasteiger partial charge in [0.2, 0.25) is 0 Å². The van der Waals surface area contributed by atoms with E-state index in [9.17, 15) is 0 Å². The first kappa shape index (κ1) is 25.4. The number of fused-ring (bicyclic) bond motifs is 6. The summed E-state index contributed by atoms with van der Waals surface area (Å²) in [5.74, 6) is 1.84. The molecule has 0 radical (unpaired) electrons. The van der Waals surface area contributed by atoms with Crippen LogP contribution in [0.5, 0.6) is 0 Å². The average Bonchev–Trinajstić information content (AvgIpc) is 3.51. The van der Waals surface area contributed by atoms with Crippen LogP contribution >= 0.6 is 0 Å². The molecule has 3 aromatic heterocycles. The summed E-state index contributed by atoms with van der Waals surface area (Å²) in [5, 5.41) is 6.90. The molecule has 212 valence electrons. The number of rotatable bonds is 4. The Morgan fingerprint density at radius 1 is 0.578 bits per heavy atom. The number of hydrogen-bond donors (Lipinski definition) is 1. The van der Waals surface area contributed by atoms with Gasteiger partial charge in [-0.25, -0.2) is 15.0 Å². The van der Waals surface area contributed by atoms with Crippen molar-refractivity contribution < 1.29 is 4.42 Å². The molecule has 0 bridgehead atoms. The van der Waals surface area contributed by atoms with Gasteiger partial charge in [0.1, 0.15) is 11.2 Å². The van der Waals surface area contributed by atoms with Crippen LogP contribution in [0.2, 0.25) is 0 Å². The topological polar surface area (TPSA) is 76.7 Å². The molecule has 1 atom stereocenters. The maximum atomic E-state index is 6.48. The number of pyridine rings is 1. The highest BCUT2D eigenvalue weighted by atomic mass is 16.3. The third kappa shape index (κ3) is 4.26. The van der Waals surface area contributed by atoms with Crippen LogP contribution in [0.4, 0.5) is 5.69 Å². The molecule has 0 aliphatic carbocycles. The second-order valence-electron chi connectivity index (χ2n) is 11.1. The second-order valence-corrected chi connectivity index (χ2v) is 11.1. The molecule has 0 spiro atoms. The van der Waals surface area contributed by atoms with Gasteiger partial charge >= 0.3 is 0 Å². The predicted molar refractivity (Wildman–Crippen MR) is 181 cm³/mol. The molecule has 9 rings (SSSR count). The molecule has 0 saturated carbocycles. The van der Waals surface area contributed by atoms with Crippen molar-refractivity contribution in [3.8, 4) is 34.2 Å². The van der Waals surface area contributed by atoms with Crippen LogP contribution in [-0.4, -0.2) is 19.9 Å². The van der Waals surface area contributed by atoms with Crippen LogP contribution in [0.3, 0.4) is 0 Å². The first-order valence-electron chi connectivity index (χ1n) is 14.9. The highest BCUT2D eigenvalue weighted by Crippen LogP contribution is 2.42. The van der Waals surface area contributed by atoms with Crippen molar-refractivity contribution in [2.45, 2.75) is 6.04 Å². The largest absolute Gasteiger partial charge is 0.456 e. The highest BCUT2D eigenvalue weighted by molar-refractivity contribution is 6.13. The number of nitrogens with one attached hydrogen (secondary N) is 1. The minimum Gasteiger partial charge on any atom is -0.456 e. The first-order chi connectivity index (χ1) is 22.3. The van der Waals surface area contributed by atoms with E-state index >= 15 is 0 Å². The monoisotopic (exact) mass is 579 g/mol. The lowest BCUT2D eigenvalue weighted by Gasteiger charge is -2.24. The molecule has 4 heterocycles. The molecule has 0 amide bonds. The fraction of sp³-hybridized carbons (Fsp3) is 0.0256. The Bertz CT molecular complexity index is 2360. The molecular weight excluding hydrogens is 554 g/mol. The zero-order valence-corrected chi connectivity index (χ0v) is 24.1. The van der Waals surface area contributed by atoms with Crippen LogP contribution in [-0.2, 0) is 0 Å². The summed E-state index contributed by atoms with van der Waals surface area (Å²) in [6.45, 7) is 0. The molecule has 0 fully saturated rings. The minimum absolute atomic E-state index is 0.0965. The van der Waals surface area contributed by atoms with Gasteiger partial charge in [0, 0.05) is 39.0 Å². The van der Waals surface area contributed by atoms with Gasteiger partial charge in [0.25, 0.3) is 0 Å². The first-order valence-corrected chi connectivity index (χ1v) is 14.9. The van der Waals surface area contributed by atoms with Crippen LogP contribution in [0, 0.1) is 0 Å². The lowest BCUT2D eigenvalue weighted by atomic mass is 9.94. The van der Waals surface area contributed by atoms with Crippen LogP contribution in [0.25, 0.3) is 73.1 Å². The zero-order chi connectivity index (χ0) is 29.7. The Hall–Kier alpha value is -6.14. The van der Waals surface area contributed by atoms with Gasteiger partial charge in [-0.2, -0.15) is 0 Å². The van der Waals surface area contributed by atoms with Gasteiger partial charge in [-0.15, -0.1) is 0 Å². The summed E-state index contributed by atoms with van der Waals surface area (Å²) in [5.41, 5.74) is 8.56. The van der Waals surface area contributed by atoms with Crippen LogP contribution in [0.1, 0.15) is 17.2 Å². The third-order valence-electron chi connectivity index (χ3n) is 8.40. The summed E-state index contributed by atoms with van der Waals surface area (Å²) >= 11 is 0. The summed E-state index contributed by atoms with van der Waals surface area (Å²) in [6, 6.07) is 40.6. The van der Waals surface area contributed by atoms with E-state index in [-0.39, 0.29) is 6.04 Å². The molecule has 1 aliphatic heterocycles. The van der Waals surface area contributed by atoms with E-state index in [1.54, 1.807) is 0 Å². The Morgan fingerprint density at radius 3 is 2.02 bits per heavy atom. The number of nitrogens with zero attached hydrogens (tertiary/aromatic N) is 4. The van der Waals surface area contributed by atoms with Gasteiger partial charge in [-0.3, -0.25) is 4.98 Å². The van der Waals surface area contributed by atoms with Crippen molar-refractivity contribution in [1.82, 2.24) is 19.9 Å². The molecule has 5 aromatic carbocycles. The summed E-state index contributed by atoms with van der Waals surface area (Å²) in [4.78, 5) is 19.7. The fourth-order valence-electron chi connectivity index (χ4n) is 6.30. The van der Waals surface area contributed by atoms with Crippen molar-refractivity contribution in [3.05, 3.63) is 145 Å². The Kier molecular flexibility index (Phi) is 5.77. The Labute approximate surface area is 258 Å². The lowest BCUT2D eigenvalue weighted by Crippen LogP contribution is -2.13. The molecule has 45 heavy (non-hydrogen) atoms. The lowest BCUT2D eigenvalue weighted by molar-refractivity contribution is 0.668. The second kappa shape index (κ2) is 10.2. The number of hydrogen-bond acceptors (Lipinski definition) is 6. The normalized spacial score (nSPS) is 14.1. The number of aromatic nitrogens is 4. The molecule has 8 aromatic rings. The average molecular weight is 580 g/mol. The van der Waals surface area contributed by atoms with Crippen molar-refractivity contribution in [2.75, 3.05) is 5.32 Å².